The number of ether oxygens (including phenoxy) is 4. The third-order valence-electron chi connectivity index (χ3n) is 12.3. The maximum atomic E-state index is 15.9. The lowest BCUT2D eigenvalue weighted by atomic mass is 9.90. The normalized spacial score (nSPS) is 21.3. The smallest absolute Gasteiger partial charge is 0.407 e. The van der Waals surface area contributed by atoms with E-state index in [0.717, 1.165) is 35.9 Å². The number of hydrogen-bond acceptors (Lipinski definition) is 10. The van der Waals surface area contributed by atoms with Gasteiger partial charge in [0, 0.05) is 45.1 Å². The number of nitrogens with zero attached hydrogens (tertiary/aromatic N) is 4. The summed E-state index contributed by atoms with van der Waals surface area (Å²) < 4.78 is 36.7. The van der Waals surface area contributed by atoms with Gasteiger partial charge in [-0.05, 0) is 98.6 Å². The summed E-state index contributed by atoms with van der Waals surface area (Å²) in [6, 6.07) is 8.61. The van der Waals surface area contributed by atoms with Crippen LogP contribution >= 0.6 is 0 Å². The third kappa shape index (κ3) is 8.48. The first-order chi connectivity index (χ1) is 28.7. The lowest BCUT2D eigenvalue weighted by Gasteiger charge is -2.34. The Balaban J connectivity index is 0.974. The van der Waals surface area contributed by atoms with Gasteiger partial charge >= 0.3 is 12.2 Å². The van der Waals surface area contributed by atoms with Crippen molar-refractivity contribution in [1.29, 1.82) is 0 Å². The van der Waals surface area contributed by atoms with E-state index < -0.39 is 30.1 Å². The molecule has 16 nitrogen and oxygen atoms in total. The van der Waals surface area contributed by atoms with E-state index in [1.807, 2.05) is 24.3 Å². The Bertz CT molecular complexity index is 2160. The molecule has 4 amide bonds. The van der Waals surface area contributed by atoms with Crippen LogP contribution in [0, 0.1) is 17.7 Å². The summed E-state index contributed by atoms with van der Waals surface area (Å²) in [6.45, 7) is 3.15. The number of H-pyrrole nitrogens is 2. The van der Waals surface area contributed by atoms with Gasteiger partial charge in [-0.15, -0.1) is 0 Å². The average Bonchev–Trinajstić information content (AvgIpc) is 4.11. The summed E-state index contributed by atoms with van der Waals surface area (Å²) >= 11 is 0. The second kappa shape index (κ2) is 17.7. The number of alkyl carbamates (subject to hydrolysis) is 2. The van der Waals surface area contributed by atoms with E-state index >= 15 is 4.39 Å². The van der Waals surface area contributed by atoms with Gasteiger partial charge in [-0.1, -0.05) is 12.1 Å². The molecular formula is C42H51FN8O8. The molecule has 1 unspecified atom stereocenters. The molecule has 4 N–H and O–H groups in total. The standard InChI is InChI=1S/C42H51FN8O8/c1-56-41(54)48-35(24-11-17-58-18-12-24)39(52)50-15-3-5-33(50)37-44-23-32(47-37)28-9-7-26(21-29(28)43)27-8-10-30-31(22-27)46-38(45-30)34-6-4-16-51(34)40(53)36(49-42(55)57-2)25-13-19-59-20-14-25/h7-10,21-25,33-36H,3-6,11-20H2,1-2H3,(H,44,47)(H,45,46)(H,48,54)(H,49,55)/t33-,34-,35-,36?/m0/s1. The van der Waals surface area contributed by atoms with Crippen LogP contribution in [0.3, 0.4) is 0 Å². The summed E-state index contributed by atoms with van der Waals surface area (Å²) in [5, 5.41) is 5.56. The number of aromatic amines is 2. The molecule has 4 aliphatic heterocycles. The van der Waals surface area contributed by atoms with E-state index in [0.29, 0.717) is 100 Å². The van der Waals surface area contributed by atoms with Gasteiger partial charge in [0.05, 0.1) is 49.2 Å². The van der Waals surface area contributed by atoms with E-state index in [9.17, 15) is 19.2 Å². The minimum Gasteiger partial charge on any atom is -0.453 e. The first kappa shape index (κ1) is 40.2. The van der Waals surface area contributed by atoms with E-state index in [1.165, 1.54) is 20.3 Å². The van der Waals surface area contributed by atoms with Crippen molar-refractivity contribution in [3.05, 3.63) is 60.1 Å². The minimum atomic E-state index is -0.752. The number of benzene rings is 2. The molecular weight excluding hydrogens is 764 g/mol. The molecule has 0 spiro atoms. The van der Waals surface area contributed by atoms with Crippen LogP contribution in [0.25, 0.3) is 33.4 Å². The van der Waals surface area contributed by atoms with Crippen molar-refractivity contribution in [2.45, 2.75) is 75.5 Å². The predicted octanol–water partition coefficient (Wildman–Crippen LogP) is 5.39. The molecule has 4 aromatic rings. The molecule has 59 heavy (non-hydrogen) atoms. The highest BCUT2D eigenvalue weighted by Gasteiger charge is 2.42. The lowest BCUT2D eigenvalue weighted by Crippen LogP contribution is -2.53. The number of carbonyl (C=O) groups is 4. The van der Waals surface area contributed by atoms with Crippen molar-refractivity contribution in [3.63, 3.8) is 0 Å². The van der Waals surface area contributed by atoms with Crippen LogP contribution in [0.4, 0.5) is 14.0 Å². The van der Waals surface area contributed by atoms with Gasteiger partial charge in [-0.3, -0.25) is 9.59 Å². The Morgan fingerprint density at radius 2 is 1.29 bits per heavy atom. The topological polar surface area (TPSA) is 193 Å². The quantitative estimate of drug-likeness (QED) is 0.161. The van der Waals surface area contributed by atoms with Gasteiger partial charge < -0.3 is 49.3 Å². The van der Waals surface area contributed by atoms with Gasteiger partial charge in [-0.25, -0.2) is 23.9 Å². The number of likely N-dealkylation sites (tertiary alicyclic amines) is 2. The molecule has 8 rings (SSSR count). The molecule has 17 heteroatoms. The highest BCUT2D eigenvalue weighted by molar-refractivity contribution is 5.88. The number of imidazole rings is 2. The summed E-state index contributed by atoms with van der Waals surface area (Å²) in [5.41, 5.74) is 3.75. The number of fused-ring (bicyclic) bond motifs is 1. The van der Waals surface area contributed by atoms with Crippen molar-refractivity contribution in [1.82, 2.24) is 40.4 Å². The molecule has 4 atom stereocenters. The van der Waals surface area contributed by atoms with Crippen molar-refractivity contribution in [2.24, 2.45) is 11.8 Å². The molecule has 6 heterocycles. The minimum absolute atomic E-state index is 0.0659. The van der Waals surface area contributed by atoms with Gasteiger partial charge in [0.1, 0.15) is 29.5 Å². The number of aromatic nitrogens is 4. The first-order valence-electron chi connectivity index (χ1n) is 20.5. The summed E-state index contributed by atoms with van der Waals surface area (Å²) in [6.07, 6.45) is 5.86. The van der Waals surface area contributed by atoms with E-state index in [-0.39, 0.29) is 35.7 Å². The van der Waals surface area contributed by atoms with E-state index in [4.69, 9.17) is 23.9 Å². The van der Waals surface area contributed by atoms with Gasteiger partial charge in [-0.2, -0.15) is 0 Å². The number of halogens is 1. The number of methoxy groups -OCH3 is 2. The molecule has 2 aromatic carbocycles. The zero-order chi connectivity index (χ0) is 41.0. The third-order valence-corrected chi connectivity index (χ3v) is 12.3. The summed E-state index contributed by atoms with van der Waals surface area (Å²) in [7, 11) is 2.56. The second-order valence-corrected chi connectivity index (χ2v) is 15.7. The highest BCUT2D eigenvalue weighted by atomic mass is 19.1. The molecule has 4 saturated heterocycles. The highest BCUT2D eigenvalue weighted by Crippen LogP contribution is 2.37. The van der Waals surface area contributed by atoms with Crippen molar-refractivity contribution in [2.75, 3.05) is 53.7 Å². The molecule has 4 fully saturated rings. The maximum absolute atomic E-state index is 15.9. The molecule has 0 saturated carbocycles. The second-order valence-electron chi connectivity index (χ2n) is 15.7. The van der Waals surface area contributed by atoms with Crippen molar-refractivity contribution >= 4 is 35.0 Å². The van der Waals surface area contributed by atoms with Crippen LogP contribution in [-0.4, -0.2) is 120 Å². The van der Waals surface area contributed by atoms with Crippen LogP contribution in [0.5, 0.6) is 0 Å². The maximum Gasteiger partial charge on any atom is 0.407 e. The Hall–Kier alpha value is -5.55. The number of rotatable bonds is 10. The van der Waals surface area contributed by atoms with Gasteiger partial charge in [0.25, 0.3) is 0 Å². The molecule has 0 aliphatic carbocycles. The fraction of sp³-hybridized carbons (Fsp3) is 0.524. The van der Waals surface area contributed by atoms with Crippen LogP contribution in [0.1, 0.15) is 75.1 Å². The largest absolute Gasteiger partial charge is 0.453 e. The summed E-state index contributed by atoms with van der Waals surface area (Å²) in [5.74, 6) is 0.268. The van der Waals surface area contributed by atoms with Crippen molar-refractivity contribution in [3.8, 4) is 22.4 Å². The van der Waals surface area contributed by atoms with E-state index in [1.54, 1.807) is 22.1 Å². The zero-order valence-corrected chi connectivity index (χ0v) is 33.3. The number of nitrogens with one attached hydrogen (secondary N) is 4. The van der Waals surface area contributed by atoms with Crippen LogP contribution in [-0.2, 0) is 28.5 Å². The Kier molecular flexibility index (Phi) is 12.1. The first-order valence-corrected chi connectivity index (χ1v) is 20.5. The molecule has 314 valence electrons. The number of amides is 4. The molecule has 2 aromatic heterocycles. The van der Waals surface area contributed by atoms with Crippen LogP contribution in [0.15, 0.2) is 42.6 Å². The molecule has 0 radical (unpaired) electrons. The monoisotopic (exact) mass is 814 g/mol. The summed E-state index contributed by atoms with van der Waals surface area (Å²) in [4.78, 5) is 72.3. The molecule has 4 aliphatic rings. The number of hydrogen-bond donors (Lipinski definition) is 4. The Labute approximate surface area is 340 Å². The van der Waals surface area contributed by atoms with Gasteiger partial charge in [0.15, 0.2) is 0 Å². The van der Waals surface area contributed by atoms with Crippen molar-refractivity contribution < 1.29 is 42.5 Å². The predicted molar refractivity (Wildman–Crippen MR) is 212 cm³/mol. The fourth-order valence-electron chi connectivity index (χ4n) is 9.14. The van der Waals surface area contributed by atoms with Gasteiger partial charge in [0.2, 0.25) is 11.8 Å². The number of carbonyl (C=O) groups excluding carboxylic acids is 4. The fourth-order valence-corrected chi connectivity index (χ4v) is 9.14. The average molecular weight is 815 g/mol. The van der Waals surface area contributed by atoms with E-state index in [2.05, 4.69) is 25.6 Å². The Morgan fingerprint density at radius 1 is 0.746 bits per heavy atom. The Morgan fingerprint density at radius 3 is 1.85 bits per heavy atom. The zero-order valence-electron chi connectivity index (χ0n) is 33.3. The SMILES string of the molecule is COC(=O)NC(C(=O)N1CCC[C@H]1c1nc2ccc(-c3ccc(-c4cnc([C@@H]5CCCN5C(=O)[C@@H](NC(=O)OC)C5CCOCC5)[nH]4)c(F)c3)cc2[nH]1)C1CCOCC1. The van der Waals surface area contributed by atoms with Crippen LogP contribution < -0.4 is 10.6 Å². The van der Waals surface area contributed by atoms with Crippen LogP contribution in [0.2, 0.25) is 0 Å². The lowest BCUT2D eigenvalue weighted by molar-refractivity contribution is -0.137. The molecule has 0 bridgehead atoms.